The van der Waals surface area contributed by atoms with Crippen LogP contribution in [0.5, 0.6) is 0 Å². The van der Waals surface area contributed by atoms with Gasteiger partial charge in [-0.1, -0.05) is 0 Å². The van der Waals surface area contributed by atoms with Crippen LogP contribution in [0.1, 0.15) is 17.0 Å². The average molecular weight is 180 g/mol. The maximum Gasteiger partial charge on any atom is 0.0797 e. The van der Waals surface area contributed by atoms with Crippen molar-refractivity contribution in [3.05, 3.63) is 17.0 Å². The number of nitrogens with one attached hydrogen (secondary N) is 1. The van der Waals surface area contributed by atoms with Crippen LogP contribution >= 0.6 is 0 Å². The molecule has 1 aromatic heterocycles. The molecule has 0 atom stereocenters. The van der Waals surface area contributed by atoms with E-state index in [9.17, 15) is 0 Å². The minimum atomic E-state index is 0.708. The number of aromatic nitrogens is 2. The molecule has 1 aliphatic rings. The second kappa shape index (κ2) is 3.47. The van der Waals surface area contributed by atoms with Gasteiger partial charge in [-0.2, -0.15) is 5.10 Å². The summed E-state index contributed by atoms with van der Waals surface area (Å²) in [7, 11) is 2.00. The molecule has 0 radical (unpaired) electrons. The van der Waals surface area contributed by atoms with Crippen LogP contribution in [0.3, 0.4) is 0 Å². The molecule has 4 nitrogen and oxygen atoms in total. The SMILES string of the molecule is Cn1nc2c(c1CCN)CCNC2. The first-order valence-electron chi connectivity index (χ1n) is 4.77. The van der Waals surface area contributed by atoms with E-state index in [1.807, 2.05) is 11.7 Å². The lowest BCUT2D eigenvalue weighted by Gasteiger charge is -2.12. The smallest absolute Gasteiger partial charge is 0.0797 e. The van der Waals surface area contributed by atoms with Gasteiger partial charge in [0.1, 0.15) is 0 Å². The van der Waals surface area contributed by atoms with Crippen molar-refractivity contribution in [2.45, 2.75) is 19.4 Å². The highest BCUT2D eigenvalue weighted by Crippen LogP contribution is 2.17. The van der Waals surface area contributed by atoms with Crippen LogP contribution in [0.15, 0.2) is 0 Å². The summed E-state index contributed by atoms with van der Waals surface area (Å²) < 4.78 is 1.98. The molecule has 0 spiro atoms. The molecule has 0 bridgehead atoms. The van der Waals surface area contributed by atoms with Crippen molar-refractivity contribution in [3.8, 4) is 0 Å². The standard InChI is InChI=1S/C9H16N4/c1-13-9(2-4-10)7-3-5-11-6-8(7)12-13/h11H,2-6,10H2,1H3. The average Bonchev–Trinajstić information content (AvgIpc) is 2.44. The van der Waals surface area contributed by atoms with E-state index in [0.717, 1.165) is 25.9 Å². The van der Waals surface area contributed by atoms with E-state index in [-0.39, 0.29) is 0 Å². The molecule has 0 aromatic carbocycles. The Labute approximate surface area is 78.1 Å². The van der Waals surface area contributed by atoms with Gasteiger partial charge < -0.3 is 11.1 Å². The van der Waals surface area contributed by atoms with Crippen molar-refractivity contribution >= 4 is 0 Å². The zero-order valence-corrected chi connectivity index (χ0v) is 8.01. The van der Waals surface area contributed by atoms with Gasteiger partial charge >= 0.3 is 0 Å². The largest absolute Gasteiger partial charge is 0.330 e. The van der Waals surface area contributed by atoms with Gasteiger partial charge in [0.2, 0.25) is 0 Å². The second-order valence-corrected chi connectivity index (χ2v) is 3.46. The third kappa shape index (κ3) is 1.47. The number of hydrogen-bond donors (Lipinski definition) is 2. The van der Waals surface area contributed by atoms with Gasteiger partial charge in [0, 0.05) is 25.7 Å². The molecule has 0 saturated carbocycles. The Morgan fingerprint density at radius 2 is 2.46 bits per heavy atom. The zero-order valence-electron chi connectivity index (χ0n) is 8.01. The van der Waals surface area contributed by atoms with Gasteiger partial charge in [-0.15, -0.1) is 0 Å². The normalized spacial score (nSPS) is 15.8. The lowest BCUT2D eigenvalue weighted by molar-refractivity contribution is 0.625. The van der Waals surface area contributed by atoms with Crippen molar-refractivity contribution < 1.29 is 0 Å². The molecule has 0 fully saturated rings. The molecule has 2 heterocycles. The molecule has 4 heteroatoms. The zero-order chi connectivity index (χ0) is 9.26. The Balaban J connectivity index is 2.36. The van der Waals surface area contributed by atoms with Crippen molar-refractivity contribution in [1.82, 2.24) is 15.1 Å². The van der Waals surface area contributed by atoms with E-state index in [0.29, 0.717) is 6.54 Å². The summed E-state index contributed by atoms with van der Waals surface area (Å²) in [6.45, 7) is 2.68. The predicted octanol–water partition coefficient (Wildman–Crippen LogP) is -0.433. The van der Waals surface area contributed by atoms with Crippen molar-refractivity contribution in [3.63, 3.8) is 0 Å². The summed E-state index contributed by atoms with van der Waals surface area (Å²) in [6, 6.07) is 0. The highest BCUT2D eigenvalue weighted by molar-refractivity contribution is 5.28. The predicted molar refractivity (Wildman–Crippen MR) is 51.4 cm³/mol. The van der Waals surface area contributed by atoms with E-state index >= 15 is 0 Å². The van der Waals surface area contributed by atoms with Crippen LogP contribution in [0.4, 0.5) is 0 Å². The quantitative estimate of drug-likeness (QED) is 0.649. The lowest BCUT2D eigenvalue weighted by Crippen LogP contribution is -2.23. The van der Waals surface area contributed by atoms with Crippen LogP contribution in [-0.4, -0.2) is 22.9 Å². The van der Waals surface area contributed by atoms with E-state index in [4.69, 9.17) is 5.73 Å². The summed E-state index contributed by atoms with van der Waals surface area (Å²) in [4.78, 5) is 0. The molecule has 72 valence electrons. The molecule has 2 rings (SSSR count). The maximum absolute atomic E-state index is 5.57. The molecule has 0 amide bonds. The van der Waals surface area contributed by atoms with Gasteiger partial charge in [-0.3, -0.25) is 4.68 Å². The number of rotatable bonds is 2. The summed E-state index contributed by atoms with van der Waals surface area (Å²) in [5.41, 5.74) is 9.51. The monoisotopic (exact) mass is 180 g/mol. The Morgan fingerprint density at radius 3 is 3.23 bits per heavy atom. The summed E-state index contributed by atoms with van der Waals surface area (Å²) in [6.07, 6.45) is 2.04. The lowest BCUT2D eigenvalue weighted by atomic mass is 10.0. The van der Waals surface area contributed by atoms with Gasteiger partial charge in [-0.05, 0) is 25.1 Å². The first-order chi connectivity index (χ1) is 6.33. The number of aryl methyl sites for hydroxylation is 1. The number of hydrogen-bond acceptors (Lipinski definition) is 3. The minimum Gasteiger partial charge on any atom is -0.330 e. The first kappa shape index (κ1) is 8.72. The van der Waals surface area contributed by atoms with E-state index in [1.54, 1.807) is 0 Å². The van der Waals surface area contributed by atoms with E-state index in [2.05, 4.69) is 10.4 Å². The Bertz CT molecular complexity index is 303. The van der Waals surface area contributed by atoms with Gasteiger partial charge in [0.05, 0.1) is 5.69 Å². The molecule has 3 N–H and O–H groups in total. The molecular formula is C9H16N4. The van der Waals surface area contributed by atoms with Crippen LogP contribution < -0.4 is 11.1 Å². The maximum atomic E-state index is 5.57. The Hall–Kier alpha value is -0.870. The van der Waals surface area contributed by atoms with Gasteiger partial charge in [0.15, 0.2) is 0 Å². The van der Waals surface area contributed by atoms with E-state index in [1.165, 1.54) is 17.0 Å². The molecule has 1 aliphatic heterocycles. The third-order valence-corrected chi connectivity index (χ3v) is 2.58. The fraction of sp³-hybridized carbons (Fsp3) is 0.667. The minimum absolute atomic E-state index is 0.708. The van der Waals surface area contributed by atoms with Crippen LogP contribution in [0, 0.1) is 0 Å². The molecule has 1 aromatic rings. The summed E-state index contributed by atoms with van der Waals surface area (Å²) in [5, 5.41) is 7.78. The first-order valence-corrected chi connectivity index (χ1v) is 4.77. The third-order valence-electron chi connectivity index (χ3n) is 2.58. The Morgan fingerprint density at radius 1 is 1.62 bits per heavy atom. The molecule has 0 saturated heterocycles. The van der Waals surface area contributed by atoms with Gasteiger partial charge in [0.25, 0.3) is 0 Å². The number of fused-ring (bicyclic) bond motifs is 1. The molecule has 13 heavy (non-hydrogen) atoms. The highest BCUT2D eigenvalue weighted by atomic mass is 15.3. The van der Waals surface area contributed by atoms with E-state index < -0.39 is 0 Å². The van der Waals surface area contributed by atoms with Crippen LogP contribution in [0.2, 0.25) is 0 Å². The van der Waals surface area contributed by atoms with Crippen LogP contribution in [0.25, 0.3) is 0 Å². The van der Waals surface area contributed by atoms with Crippen molar-refractivity contribution in [1.29, 1.82) is 0 Å². The highest BCUT2D eigenvalue weighted by Gasteiger charge is 2.17. The Kier molecular flexibility index (Phi) is 2.33. The van der Waals surface area contributed by atoms with Gasteiger partial charge in [-0.25, -0.2) is 0 Å². The fourth-order valence-electron chi connectivity index (χ4n) is 1.96. The topological polar surface area (TPSA) is 55.9 Å². The van der Waals surface area contributed by atoms with Crippen LogP contribution in [-0.2, 0) is 26.4 Å². The fourth-order valence-corrected chi connectivity index (χ4v) is 1.96. The number of nitrogens with zero attached hydrogens (tertiary/aromatic N) is 2. The molecular weight excluding hydrogens is 164 g/mol. The molecule has 0 unspecified atom stereocenters. The summed E-state index contributed by atoms with van der Waals surface area (Å²) in [5.74, 6) is 0. The van der Waals surface area contributed by atoms with Crippen molar-refractivity contribution in [2.24, 2.45) is 12.8 Å². The summed E-state index contributed by atoms with van der Waals surface area (Å²) >= 11 is 0. The number of nitrogens with two attached hydrogens (primary N) is 1. The second-order valence-electron chi connectivity index (χ2n) is 3.46. The molecule has 0 aliphatic carbocycles. The van der Waals surface area contributed by atoms with Crippen molar-refractivity contribution in [2.75, 3.05) is 13.1 Å².